The fourth-order valence-corrected chi connectivity index (χ4v) is 2.94. The minimum Gasteiger partial charge on any atom is -0.381 e. The van der Waals surface area contributed by atoms with Crippen molar-refractivity contribution in [1.29, 1.82) is 0 Å². The lowest BCUT2D eigenvalue weighted by Gasteiger charge is -2.36. The van der Waals surface area contributed by atoms with Crippen molar-refractivity contribution in [3.05, 3.63) is 33.8 Å². The summed E-state index contributed by atoms with van der Waals surface area (Å²) in [6.45, 7) is 3.25. The maximum Gasteiger partial charge on any atom is 0.252 e. The number of hydrogen-bond donors (Lipinski definition) is 1. The van der Waals surface area contributed by atoms with Crippen LogP contribution in [0.25, 0.3) is 0 Å². The van der Waals surface area contributed by atoms with Crippen LogP contribution >= 0.6 is 27.5 Å². The highest BCUT2D eigenvalue weighted by Gasteiger charge is 2.33. The Morgan fingerprint density at radius 2 is 2.16 bits per heavy atom. The Kier molecular flexibility index (Phi) is 4.87. The summed E-state index contributed by atoms with van der Waals surface area (Å²) < 4.78 is 6.14. The van der Waals surface area contributed by atoms with Crippen LogP contribution in [0.1, 0.15) is 28.8 Å². The van der Waals surface area contributed by atoms with Gasteiger partial charge in [-0.25, -0.2) is 0 Å². The lowest BCUT2D eigenvalue weighted by Crippen LogP contribution is -2.53. The van der Waals surface area contributed by atoms with Gasteiger partial charge in [-0.3, -0.25) is 4.79 Å². The molecule has 1 fully saturated rings. The molecule has 0 spiro atoms. The number of ether oxygens (including phenoxy) is 1. The average molecular weight is 347 g/mol. The van der Waals surface area contributed by atoms with E-state index in [9.17, 15) is 4.79 Å². The van der Waals surface area contributed by atoms with Crippen LogP contribution in [-0.2, 0) is 4.74 Å². The number of rotatable bonds is 3. The van der Waals surface area contributed by atoms with E-state index in [1.165, 1.54) is 0 Å². The third-order valence-corrected chi connectivity index (χ3v) is 4.65. The number of hydrogen-bond acceptors (Lipinski definition) is 2. The summed E-state index contributed by atoms with van der Waals surface area (Å²) in [6, 6.07) is 5.73. The van der Waals surface area contributed by atoms with Gasteiger partial charge in [-0.15, -0.1) is 11.6 Å². The maximum atomic E-state index is 12.4. The van der Waals surface area contributed by atoms with Crippen molar-refractivity contribution in [2.45, 2.75) is 25.3 Å². The van der Waals surface area contributed by atoms with Gasteiger partial charge < -0.3 is 10.1 Å². The van der Waals surface area contributed by atoms with Crippen LogP contribution in [0.2, 0.25) is 0 Å². The van der Waals surface area contributed by atoms with E-state index in [1.54, 1.807) is 0 Å². The third-order valence-electron chi connectivity index (χ3n) is 3.45. The van der Waals surface area contributed by atoms with Crippen LogP contribution in [0.5, 0.6) is 0 Å². The van der Waals surface area contributed by atoms with Crippen molar-refractivity contribution in [2.75, 3.05) is 19.1 Å². The number of carbonyl (C=O) groups is 1. The van der Waals surface area contributed by atoms with Gasteiger partial charge in [0.25, 0.3) is 5.91 Å². The van der Waals surface area contributed by atoms with E-state index < -0.39 is 0 Å². The van der Waals surface area contributed by atoms with Crippen LogP contribution in [0.15, 0.2) is 22.7 Å². The number of nitrogens with one attached hydrogen (secondary N) is 1. The molecule has 0 aromatic heterocycles. The van der Waals surface area contributed by atoms with E-state index in [0.717, 1.165) is 22.9 Å². The molecule has 1 heterocycles. The van der Waals surface area contributed by atoms with Crippen LogP contribution in [0.3, 0.4) is 0 Å². The van der Waals surface area contributed by atoms with Crippen LogP contribution in [0, 0.1) is 6.92 Å². The summed E-state index contributed by atoms with van der Waals surface area (Å²) in [5, 5.41) is 3.09. The Morgan fingerprint density at radius 3 is 2.79 bits per heavy atom. The second kappa shape index (κ2) is 6.25. The minimum atomic E-state index is -0.347. The molecule has 5 heteroatoms. The molecule has 0 aliphatic carbocycles. The molecule has 3 nitrogen and oxygen atoms in total. The number of aryl methyl sites for hydroxylation is 1. The highest BCUT2D eigenvalue weighted by molar-refractivity contribution is 9.10. The molecule has 0 unspecified atom stereocenters. The summed E-state index contributed by atoms with van der Waals surface area (Å²) in [6.07, 6.45) is 1.51. The van der Waals surface area contributed by atoms with Crippen molar-refractivity contribution in [2.24, 2.45) is 0 Å². The summed E-state index contributed by atoms with van der Waals surface area (Å²) in [4.78, 5) is 12.4. The molecule has 1 aromatic rings. The summed E-state index contributed by atoms with van der Waals surface area (Å²) in [5.74, 6) is 0.323. The van der Waals surface area contributed by atoms with Crippen molar-refractivity contribution in [3.8, 4) is 0 Å². The molecule has 1 saturated heterocycles. The Balaban J connectivity index is 2.17. The zero-order valence-corrected chi connectivity index (χ0v) is 13.2. The Bertz CT molecular complexity index is 473. The zero-order chi connectivity index (χ0) is 13.9. The van der Waals surface area contributed by atoms with Gasteiger partial charge in [0.2, 0.25) is 0 Å². The van der Waals surface area contributed by atoms with Crippen molar-refractivity contribution < 1.29 is 9.53 Å². The third kappa shape index (κ3) is 3.50. The molecule has 1 amide bonds. The molecule has 0 radical (unpaired) electrons. The molecule has 19 heavy (non-hydrogen) atoms. The molecular formula is C14H17BrClNO2. The van der Waals surface area contributed by atoms with Crippen molar-refractivity contribution >= 4 is 33.4 Å². The Labute approximate surface area is 126 Å². The Morgan fingerprint density at radius 1 is 1.47 bits per heavy atom. The smallest absolute Gasteiger partial charge is 0.252 e. The van der Waals surface area contributed by atoms with Crippen LogP contribution < -0.4 is 5.32 Å². The second-order valence-corrected chi connectivity index (χ2v) is 6.09. The SMILES string of the molecule is Cc1ccc(Br)c(C(=O)NC2(CCl)CCOCC2)c1. The quantitative estimate of drug-likeness (QED) is 0.853. The Hall–Kier alpha value is -0.580. The zero-order valence-electron chi connectivity index (χ0n) is 10.8. The van der Waals surface area contributed by atoms with Crippen LogP contribution in [-0.4, -0.2) is 30.5 Å². The highest BCUT2D eigenvalue weighted by Crippen LogP contribution is 2.24. The monoisotopic (exact) mass is 345 g/mol. The normalized spacial score (nSPS) is 18.1. The first-order valence-corrected chi connectivity index (χ1v) is 7.61. The first kappa shape index (κ1) is 14.8. The lowest BCUT2D eigenvalue weighted by molar-refractivity contribution is 0.0433. The number of alkyl halides is 1. The largest absolute Gasteiger partial charge is 0.381 e. The van der Waals surface area contributed by atoms with E-state index in [2.05, 4.69) is 21.2 Å². The predicted octanol–water partition coefficient (Wildman–Crippen LogP) is 3.28. The minimum absolute atomic E-state index is 0.0851. The topological polar surface area (TPSA) is 38.3 Å². The van der Waals surface area contributed by atoms with Gasteiger partial charge in [-0.2, -0.15) is 0 Å². The summed E-state index contributed by atoms with van der Waals surface area (Å²) >= 11 is 9.47. The van der Waals surface area contributed by atoms with E-state index in [0.29, 0.717) is 24.7 Å². The number of amides is 1. The molecular weight excluding hydrogens is 330 g/mol. The summed E-state index contributed by atoms with van der Waals surface area (Å²) in [5.41, 5.74) is 1.36. The molecule has 1 N–H and O–H groups in total. The molecule has 1 aliphatic heterocycles. The van der Waals surface area contributed by atoms with Gasteiger partial charge in [0.05, 0.1) is 11.1 Å². The van der Waals surface area contributed by atoms with E-state index in [1.807, 2.05) is 25.1 Å². The van der Waals surface area contributed by atoms with E-state index in [4.69, 9.17) is 16.3 Å². The molecule has 0 atom stereocenters. The molecule has 0 saturated carbocycles. The molecule has 0 bridgehead atoms. The lowest BCUT2D eigenvalue weighted by atomic mass is 9.91. The van der Waals surface area contributed by atoms with Gasteiger partial charge in [0, 0.05) is 23.6 Å². The van der Waals surface area contributed by atoms with Gasteiger partial charge in [0.1, 0.15) is 0 Å². The van der Waals surface area contributed by atoms with Gasteiger partial charge in [-0.1, -0.05) is 11.6 Å². The van der Waals surface area contributed by atoms with Gasteiger partial charge in [-0.05, 0) is 47.8 Å². The average Bonchev–Trinajstić information content (AvgIpc) is 2.42. The number of halogens is 2. The number of carbonyl (C=O) groups excluding carboxylic acids is 1. The van der Waals surface area contributed by atoms with Crippen molar-refractivity contribution in [3.63, 3.8) is 0 Å². The second-order valence-electron chi connectivity index (χ2n) is 4.96. The molecule has 2 rings (SSSR count). The predicted molar refractivity (Wildman–Crippen MR) is 79.8 cm³/mol. The van der Waals surface area contributed by atoms with Crippen LogP contribution in [0.4, 0.5) is 0 Å². The summed E-state index contributed by atoms with van der Waals surface area (Å²) in [7, 11) is 0. The van der Waals surface area contributed by atoms with Crippen molar-refractivity contribution in [1.82, 2.24) is 5.32 Å². The first-order valence-electron chi connectivity index (χ1n) is 6.29. The van der Waals surface area contributed by atoms with E-state index in [-0.39, 0.29) is 11.4 Å². The molecule has 1 aromatic carbocycles. The highest BCUT2D eigenvalue weighted by atomic mass is 79.9. The number of benzene rings is 1. The molecule has 1 aliphatic rings. The van der Waals surface area contributed by atoms with E-state index >= 15 is 0 Å². The fraction of sp³-hybridized carbons (Fsp3) is 0.500. The maximum absolute atomic E-state index is 12.4. The molecule has 104 valence electrons. The standard InChI is InChI=1S/C14H17BrClNO2/c1-10-2-3-12(15)11(8-10)13(18)17-14(9-16)4-6-19-7-5-14/h2-3,8H,4-7,9H2,1H3,(H,17,18). The first-order chi connectivity index (χ1) is 9.06. The van der Waals surface area contributed by atoms with Gasteiger partial charge in [0.15, 0.2) is 0 Å². The van der Waals surface area contributed by atoms with Gasteiger partial charge >= 0.3 is 0 Å². The fourth-order valence-electron chi connectivity index (χ4n) is 2.18.